The van der Waals surface area contributed by atoms with E-state index in [9.17, 15) is 0 Å². The number of rotatable bonds is 5. The highest BCUT2D eigenvalue weighted by atomic mass is 16.5. The predicted molar refractivity (Wildman–Crippen MR) is 88.5 cm³/mol. The summed E-state index contributed by atoms with van der Waals surface area (Å²) in [5.41, 5.74) is 4.29. The van der Waals surface area contributed by atoms with Crippen LogP contribution >= 0.6 is 0 Å². The minimum absolute atomic E-state index is 0.795. The lowest BCUT2D eigenvalue weighted by Gasteiger charge is -2.14. The molecule has 0 aliphatic rings. The van der Waals surface area contributed by atoms with E-state index in [-0.39, 0.29) is 0 Å². The molecule has 1 aromatic carbocycles. The van der Waals surface area contributed by atoms with Crippen molar-refractivity contribution < 1.29 is 4.74 Å². The first-order valence-electron chi connectivity index (χ1n) is 7.34. The van der Waals surface area contributed by atoms with E-state index < -0.39 is 0 Å². The van der Waals surface area contributed by atoms with Gasteiger partial charge in [-0.25, -0.2) is 0 Å². The number of aryl methyl sites for hydroxylation is 2. The molecule has 2 heterocycles. The maximum absolute atomic E-state index is 5.39. The quantitative estimate of drug-likeness (QED) is 0.785. The molecule has 3 aromatic rings. The normalized spacial score (nSPS) is 10.9. The molecule has 1 N–H and O–H groups in total. The van der Waals surface area contributed by atoms with Crippen LogP contribution in [0.4, 0.5) is 5.69 Å². The van der Waals surface area contributed by atoms with Crippen LogP contribution in [0.2, 0.25) is 0 Å². The fourth-order valence-corrected chi connectivity index (χ4v) is 2.58. The zero-order chi connectivity index (χ0) is 15.5. The van der Waals surface area contributed by atoms with Crippen LogP contribution in [-0.2, 0) is 6.54 Å². The van der Waals surface area contributed by atoms with Crippen molar-refractivity contribution in [2.24, 2.45) is 0 Å². The third kappa shape index (κ3) is 2.74. The maximum atomic E-state index is 5.39. The molecule has 0 radical (unpaired) electrons. The summed E-state index contributed by atoms with van der Waals surface area (Å²) in [6, 6.07) is 5.99. The smallest absolute Gasteiger partial charge is 0.145 e. The molecule has 0 saturated heterocycles. The number of para-hydroxylation sites is 1. The van der Waals surface area contributed by atoms with Gasteiger partial charge in [0.05, 0.1) is 19.9 Å². The van der Waals surface area contributed by atoms with Crippen molar-refractivity contribution in [1.82, 2.24) is 14.8 Å². The molecule has 0 fully saturated rings. The molecule has 2 aromatic heterocycles. The number of ether oxygens (including phenoxy) is 1. The van der Waals surface area contributed by atoms with Gasteiger partial charge < -0.3 is 10.1 Å². The Balaban J connectivity index is 1.84. The molecule has 5 heteroatoms. The summed E-state index contributed by atoms with van der Waals surface area (Å²) in [6.45, 7) is 5.73. The molecule has 0 atom stereocenters. The lowest BCUT2D eigenvalue weighted by molar-refractivity contribution is 0.419. The van der Waals surface area contributed by atoms with Crippen molar-refractivity contribution in [3.8, 4) is 5.75 Å². The van der Waals surface area contributed by atoms with E-state index in [0.29, 0.717) is 0 Å². The van der Waals surface area contributed by atoms with Gasteiger partial charge in [0, 0.05) is 30.0 Å². The fraction of sp³-hybridized carbons (Fsp3) is 0.294. The Morgan fingerprint density at radius 3 is 2.82 bits per heavy atom. The summed E-state index contributed by atoms with van der Waals surface area (Å²) in [7, 11) is 1.67. The number of pyridine rings is 1. The number of hydrogen-bond acceptors (Lipinski definition) is 4. The van der Waals surface area contributed by atoms with Gasteiger partial charge in [-0.3, -0.25) is 9.67 Å². The van der Waals surface area contributed by atoms with Gasteiger partial charge in [-0.05, 0) is 31.0 Å². The molecule has 0 spiro atoms. The van der Waals surface area contributed by atoms with E-state index >= 15 is 0 Å². The second-order valence-corrected chi connectivity index (χ2v) is 5.38. The number of benzene rings is 1. The van der Waals surface area contributed by atoms with E-state index in [2.05, 4.69) is 28.4 Å². The second-order valence-electron chi connectivity index (χ2n) is 5.38. The number of anilines is 1. The maximum Gasteiger partial charge on any atom is 0.145 e. The molecule has 0 bridgehead atoms. The molecule has 22 heavy (non-hydrogen) atoms. The SMILES string of the molecule is COc1cccc2c(NCCn3cc(C)cn3)c(C)cnc12. The Morgan fingerprint density at radius 1 is 1.23 bits per heavy atom. The first-order chi connectivity index (χ1) is 10.7. The highest BCUT2D eigenvalue weighted by Crippen LogP contribution is 2.30. The Hall–Kier alpha value is -2.56. The van der Waals surface area contributed by atoms with Gasteiger partial charge in [0.15, 0.2) is 0 Å². The number of nitrogens with one attached hydrogen (secondary N) is 1. The van der Waals surface area contributed by atoms with Crippen molar-refractivity contribution in [2.75, 3.05) is 19.0 Å². The minimum atomic E-state index is 0.795. The highest BCUT2D eigenvalue weighted by Gasteiger charge is 2.09. The molecule has 3 rings (SSSR count). The Labute approximate surface area is 129 Å². The summed E-state index contributed by atoms with van der Waals surface area (Å²) < 4.78 is 7.34. The predicted octanol–water partition coefficient (Wildman–Crippen LogP) is 3.17. The average Bonchev–Trinajstić information content (AvgIpc) is 2.94. The van der Waals surface area contributed by atoms with E-state index in [1.54, 1.807) is 7.11 Å². The van der Waals surface area contributed by atoms with Gasteiger partial charge in [-0.15, -0.1) is 0 Å². The molecule has 114 valence electrons. The van der Waals surface area contributed by atoms with Gasteiger partial charge in [-0.1, -0.05) is 12.1 Å². The molecular weight excluding hydrogens is 276 g/mol. The summed E-state index contributed by atoms with van der Waals surface area (Å²) in [5.74, 6) is 0.795. The van der Waals surface area contributed by atoms with Crippen LogP contribution in [0.25, 0.3) is 10.9 Å². The van der Waals surface area contributed by atoms with Gasteiger partial charge >= 0.3 is 0 Å². The van der Waals surface area contributed by atoms with Crippen LogP contribution in [0.1, 0.15) is 11.1 Å². The van der Waals surface area contributed by atoms with Crippen LogP contribution < -0.4 is 10.1 Å². The first kappa shape index (κ1) is 14.4. The van der Waals surface area contributed by atoms with Crippen molar-refractivity contribution >= 4 is 16.6 Å². The number of nitrogens with zero attached hydrogens (tertiary/aromatic N) is 3. The summed E-state index contributed by atoms with van der Waals surface area (Å²) in [5, 5.41) is 8.89. The Morgan fingerprint density at radius 2 is 2.09 bits per heavy atom. The standard InChI is InChI=1S/C17H20N4O/c1-12-9-20-21(11-12)8-7-18-16-13(2)10-19-17-14(16)5-4-6-15(17)22-3/h4-6,9-11H,7-8H2,1-3H3,(H,18,19). The topological polar surface area (TPSA) is 52.0 Å². The van der Waals surface area contributed by atoms with Crippen molar-refractivity contribution in [1.29, 1.82) is 0 Å². The number of methoxy groups -OCH3 is 1. The van der Waals surface area contributed by atoms with E-state index in [1.165, 1.54) is 5.56 Å². The van der Waals surface area contributed by atoms with E-state index in [4.69, 9.17) is 4.74 Å². The van der Waals surface area contributed by atoms with Crippen LogP contribution in [0.15, 0.2) is 36.8 Å². The Kier molecular flexibility index (Phi) is 3.96. The first-order valence-corrected chi connectivity index (χ1v) is 7.34. The summed E-state index contributed by atoms with van der Waals surface area (Å²) >= 11 is 0. The third-order valence-electron chi connectivity index (χ3n) is 3.67. The van der Waals surface area contributed by atoms with Gasteiger partial charge in [0.2, 0.25) is 0 Å². The van der Waals surface area contributed by atoms with Crippen molar-refractivity contribution in [3.05, 3.63) is 47.9 Å². The zero-order valence-corrected chi connectivity index (χ0v) is 13.1. The molecule has 0 aliphatic carbocycles. The van der Waals surface area contributed by atoms with Gasteiger partial charge in [0.25, 0.3) is 0 Å². The summed E-state index contributed by atoms with van der Waals surface area (Å²) in [6.07, 6.45) is 5.80. The van der Waals surface area contributed by atoms with Crippen LogP contribution in [0, 0.1) is 13.8 Å². The van der Waals surface area contributed by atoms with Gasteiger partial charge in [0.1, 0.15) is 11.3 Å². The monoisotopic (exact) mass is 296 g/mol. The molecule has 0 unspecified atom stereocenters. The summed E-state index contributed by atoms with van der Waals surface area (Å²) in [4.78, 5) is 4.50. The third-order valence-corrected chi connectivity index (χ3v) is 3.67. The number of hydrogen-bond donors (Lipinski definition) is 1. The molecule has 0 aliphatic heterocycles. The number of aromatic nitrogens is 3. The van der Waals surface area contributed by atoms with Crippen LogP contribution in [-0.4, -0.2) is 28.4 Å². The lowest BCUT2D eigenvalue weighted by Crippen LogP contribution is -2.12. The molecular formula is C17H20N4O. The average molecular weight is 296 g/mol. The zero-order valence-electron chi connectivity index (χ0n) is 13.1. The molecule has 0 saturated carbocycles. The Bertz CT molecular complexity index is 794. The van der Waals surface area contributed by atoms with Crippen LogP contribution in [0.5, 0.6) is 5.75 Å². The molecule has 0 amide bonds. The van der Waals surface area contributed by atoms with Crippen LogP contribution in [0.3, 0.4) is 0 Å². The second kappa shape index (κ2) is 6.05. The van der Waals surface area contributed by atoms with Crippen molar-refractivity contribution in [3.63, 3.8) is 0 Å². The molecule has 5 nitrogen and oxygen atoms in total. The lowest BCUT2D eigenvalue weighted by atomic mass is 10.1. The van der Waals surface area contributed by atoms with Crippen molar-refractivity contribution in [2.45, 2.75) is 20.4 Å². The minimum Gasteiger partial charge on any atom is -0.494 e. The van der Waals surface area contributed by atoms with Gasteiger partial charge in [-0.2, -0.15) is 5.10 Å². The highest BCUT2D eigenvalue weighted by molar-refractivity contribution is 5.96. The fourth-order valence-electron chi connectivity index (χ4n) is 2.58. The van der Waals surface area contributed by atoms with E-state index in [0.717, 1.165) is 41.0 Å². The van der Waals surface area contributed by atoms with E-state index in [1.807, 2.05) is 42.3 Å². The number of fused-ring (bicyclic) bond motifs is 1. The largest absolute Gasteiger partial charge is 0.494 e.